The molecule has 0 aliphatic rings. The molecule has 4 aromatic rings. The molecule has 0 fully saturated rings. The zero-order chi connectivity index (χ0) is 27.9. The van der Waals surface area contributed by atoms with Crippen molar-refractivity contribution in [3.8, 4) is 22.3 Å². The predicted octanol–water partition coefficient (Wildman–Crippen LogP) is 6.68. The number of anilines is 1. The van der Waals surface area contributed by atoms with Gasteiger partial charge in [-0.1, -0.05) is 99.5 Å². The van der Waals surface area contributed by atoms with Crippen LogP contribution in [0.1, 0.15) is 37.8 Å². The third-order valence-electron chi connectivity index (χ3n) is 5.61. The molecular formula is C32H34FN3O2. The van der Waals surface area contributed by atoms with Gasteiger partial charge in [0.05, 0.1) is 0 Å². The Morgan fingerprint density at radius 2 is 1.34 bits per heavy atom. The van der Waals surface area contributed by atoms with Crippen molar-refractivity contribution >= 4 is 29.7 Å². The highest BCUT2D eigenvalue weighted by Gasteiger charge is 2.10. The molecule has 0 heterocycles. The first-order valence-corrected chi connectivity index (χ1v) is 12.3. The van der Waals surface area contributed by atoms with Gasteiger partial charge in [0.1, 0.15) is 5.82 Å². The van der Waals surface area contributed by atoms with Crippen LogP contribution < -0.4 is 17.2 Å². The fraction of sp³-hybridized carbons (Fsp3) is 0.125. The summed E-state index contributed by atoms with van der Waals surface area (Å²) in [5.41, 5.74) is 22.4. The van der Waals surface area contributed by atoms with E-state index in [2.05, 4.69) is 37.8 Å². The van der Waals surface area contributed by atoms with Gasteiger partial charge in [-0.15, -0.1) is 0 Å². The fourth-order valence-corrected chi connectivity index (χ4v) is 3.47. The highest BCUT2D eigenvalue weighted by atomic mass is 19.1. The number of carbonyl (C=O) groups excluding carboxylic acids is 2. The summed E-state index contributed by atoms with van der Waals surface area (Å²) < 4.78 is 13.2. The molecule has 0 saturated carbocycles. The van der Waals surface area contributed by atoms with E-state index in [1.165, 1.54) is 37.1 Å². The zero-order valence-electron chi connectivity index (χ0n) is 21.7. The smallest absolute Gasteiger partial charge is 0.249 e. The van der Waals surface area contributed by atoms with E-state index in [1.807, 2.05) is 54.6 Å². The van der Waals surface area contributed by atoms with Gasteiger partial charge in [0, 0.05) is 16.8 Å². The molecule has 0 spiro atoms. The number of carbonyl (C=O) groups is 2. The standard InChI is InChI=1S/C27H21FN2O.C4H10.CH3NO/c28-23-13-10-21(11-14-23)25(27(30)31)16-18-6-8-20(9-7-18)24-17-22(12-15-26(24)29)19-4-2-1-3-5-19;1-3-4-2;2-1-3/h1-17H,29H2,(H2,30,31);3-4H2,1-2H3;1H,(H2,2,3)/b25-16+;;. The molecule has 0 saturated heterocycles. The second-order valence-corrected chi connectivity index (χ2v) is 8.36. The Morgan fingerprint density at radius 3 is 1.87 bits per heavy atom. The van der Waals surface area contributed by atoms with E-state index >= 15 is 0 Å². The van der Waals surface area contributed by atoms with E-state index < -0.39 is 5.91 Å². The molecule has 0 aliphatic carbocycles. The van der Waals surface area contributed by atoms with Crippen molar-refractivity contribution in [2.24, 2.45) is 11.5 Å². The lowest BCUT2D eigenvalue weighted by molar-refractivity contribution is -0.112. The SMILES string of the molecule is CCCC.NC(=O)/C(=C/c1ccc(-c2cc(-c3ccccc3)ccc2N)cc1)c1ccc(F)cc1.NC=O. The maximum Gasteiger partial charge on any atom is 0.249 e. The number of hydrogen-bond acceptors (Lipinski definition) is 3. The first-order chi connectivity index (χ1) is 18.3. The number of halogens is 1. The number of nitrogen functional groups attached to an aromatic ring is 1. The maximum atomic E-state index is 13.2. The summed E-state index contributed by atoms with van der Waals surface area (Å²) in [5.74, 6) is -0.942. The van der Waals surface area contributed by atoms with E-state index in [9.17, 15) is 9.18 Å². The molecule has 2 amide bonds. The molecular weight excluding hydrogens is 477 g/mol. The van der Waals surface area contributed by atoms with E-state index in [4.69, 9.17) is 16.3 Å². The Hall–Kier alpha value is -4.71. The van der Waals surface area contributed by atoms with Gasteiger partial charge < -0.3 is 17.2 Å². The summed E-state index contributed by atoms with van der Waals surface area (Å²) in [7, 11) is 0. The summed E-state index contributed by atoms with van der Waals surface area (Å²) in [4.78, 5) is 20.5. The van der Waals surface area contributed by atoms with Crippen LogP contribution in [0.25, 0.3) is 33.9 Å². The topological polar surface area (TPSA) is 112 Å². The van der Waals surface area contributed by atoms with Crippen molar-refractivity contribution in [3.63, 3.8) is 0 Å². The number of benzene rings is 4. The number of hydrogen-bond donors (Lipinski definition) is 3. The lowest BCUT2D eigenvalue weighted by atomic mass is 9.96. The van der Waals surface area contributed by atoms with Crippen molar-refractivity contribution in [2.45, 2.75) is 26.7 Å². The molecule has 0 aliphatic heterocycles. The van der Waals surface area contributed by atoms with Crippen molar-refractivity contribution in [3.05, 3.63) is 114 Å². The highest BCUT2D eigenvalue weighted by Crippen LogP contribution is 2.32. The Kier molecular flexibility index (Phi) is 12.0. The van der Waals surface area contributed by atoms with Gasteiger partial charge in [-0.25, -0.2) is 4.39 Å². The summed E-state index contributed by atoms with van der Waals surface area (Å²) in [6.07, 6.45) is 4.59. The summed E-state index contributed by atoms with van der Waals surface area (Å²) in [6, 6.07) is 29.5. The number of rotatable bonds is 6. The Balaban J connectivity index is 0.000000650. The molecule has 4 aromatic carbocycles. The van der Waals surface area contributed by atoms with Crippen molar-refractivity contribution < 1.29 is 14.0 Å². The van der Waals surface area contributed by atoms with E-state index in [0.29, 0.717) is 16.8 Å². The van der Waals surface area contributed by atoms with Gasteiger partial charge in [0.15, 0.2) is 0 Å². The van der Waals surface area contributed by atoms with Crippen LogP contribution in [0.2, 0.25) is 0 Å². The minimum Gasteiger partial charge on any atom is -0.398 e. The van der Waals surface area contributed by atoms with E-state index in [1.54, 1.807) is 6.08 Å². The summed E-state index contributed by atoms with van der Waals surface area (Å²) in [6.45, 7) is 4.36. The number of unbranched alkanes of at least 4 members (excludes halogenated alkanes) is 1. The zero-order valence-corrected chi connectivity index (χ0v) is 21.7. The Labute approximate surface area is 223 Å². The molecule has 6 heteroatoms. The molecule has 0 radical (unpaired) electrons. The molecule has 196 valence electrons. The van der Waals surface area contributed by atoms with Crippen molar-refractivity contribution in [1.29, 1.82) is 0 Å². The summed E-state index contributed by atoms with van der Waals surface area (Å²) in [5, 5.41) is 0. The van der Waals surface area contributed by atoms with Gasteiger partial charge >= 0.3 is 0 Å². The number of amides is 2. The van der Waals surface area contributed by atoms with Gasteiger partial charge in [0.2, 0.25) is 12.3 Å². The fourth-order valence-electron chi connectivity index (χ4n) is 3.47. The van der Waals surface area contributed by atoms with Crippen LogP contribution >= 0.6 is 0 Å². The maximum absolute atomic E-state index is 13.2. The molecule has 6 N–H and O–H groups in total. The third kappa shape index (κ3) is 8.75. The predicted molar refractivity (Wildman–Crippen MR) is 156 cm³/mol. The van der Waals surface area contributed by atoms with Crippen LogP contribution in [0, 0.1) is 5.82 Å². The van der Waals surface area contributed by atoms with Crippen molar-refractivity contribution in [1.82, 2.24) is 0 Å². The Bertz CT molecular complexity index is 1330. The Morgan fingerprint density at radius 1 is 0.789 bits per heavy atom. The molecule has 38 heavy (non-hydrogen) atoms. The third-order valence-corrected chi connectivity index (χ3v) is 5.61. The van der Waals surface area contributed by atoms with E-state index in [-0.39, 0.29) is 12.2 Å². The molecule has 5 nitrogen and oxygen atoms in total. The van der Waals surface area contributed by atoms with Gasteiger partial charge in [-0.3, -0.25) is 9.59 Å². The molecule has 0 bridgehead atoms. The average Bonchev–Trinajstić information content (AvgIpc) is 2.94. The molecule has 0 aromatic heterocycles. The largest absolute Gasteiger partial charge is 0.398 e. The number of primary amides is 2. The van der Waals surface area contributed by atoms with Gasteiger partial charge in [-0.05, 0) is 58.2 Å². The van der Waals surface area contributed by atoms with E-state index in [0.717, 1.165) is 27.8 Å². The second kappa shape index (κ2) is 15.4. The van der Waals surface area contributed by atoms with Gasteiger partial charge in [-0.2, -0.15) is 0 Å². The second-order valence-electron chi connectivity index (χ2n) is 8.36. The summed E-state index contributed by atoms with van der Waals surface area (Å²) >= 11 is 0. The normalized spacial score (nSPS) is 10.3. The number of nitrogens with two attached hydrogens (primary N) is 3. The lowest BCUT2D eigenvalue weighted by Crippen LogP contribution is -2.12. The molecule has 0 atom stereocenters. The minimum absolute atomic E-state index is 0.250. The lowest BCUT2D eigenvalue weighted by Gasteiger charge is -2.10. The van der Waals surface area contributed by atoms with Crippen LogP contribution in [-0.4, -0.2) is 12.3 Å². The average molecular weight is 512 g/mol. The molecule has 4 rings (SSSR count). The van der Waals surface area contributed by atoms with Crippen LogP contribution in [0.3, 0.4) is 0 Å². The highest BCUT2D eigenvalue weighted by molar-refractivity contribution is 6.23. The first-order valence-electron chi connectivity index (χ1n) is 12.3. The minimum atomic E-state index is -0.574. The van der Waals surface area contributed by atoms with Crippen LogP contribution in [0.4, 0.5) is 10.1 Å². The monoisotopic (exact) mass is 511 g/mol. The molecule has 0 unspecified atom stereocenters. The van der Waals surface area contributed by atoms with Crippen molar-refractivity contribution in [2.75, 3.05) is 5.73 Å². The van der Waals surface area contributed by atoms with Gasteiger partial charge in [0.25, 0.3) is 0 Å². The quantitative estimate of drug-likeness (QED) is 0.116. The first kappa shape index (κ1) is 29.5. The van der Waals surface area contributed by atoms with Crippen LogP contribution in [0.5, 0.6) is 0 Å². The van der Waals surface area contributed by atoms with Crippen LogP contribution in [0.15, 0.2) is 97.1 Å². The van der Waals surface area contributed by atoms with Crippen LogP contribution in [-0.2, 0) is 9.59 Å².